The molecule has 1 amide bonds. The zero-order valence-corrected chi connectivity index (χ0v) is 14.3. The number of aromatic nitrogens is 1. The normalized spacial score (nSPS) is 11.6. The number of carbonyl (C=O) groups excluding carboxylic acids is 1. The van der Waals surface area contributed by atoms with E-state index in [9.17, 15) is 4.79 Å². The molecule has 22 heavy (non-hydrogen) atoms. The molecule has 0 aliphatic heterocycles. The Labute approximate surface area is 137 Å². The Bertz CT molecular complexity index is 675. The minimum absolute atomic E-state index is 0.139. The summed E-state index contributed by atoms with van der Waals surface area (Å²) >= 11 is 3.28. The van der Waals surface area contributed by atoms with Crippen LogP contribution in [0.15, 0.2) is 46.1 Å². The maximum Gasteiger partial charge on any atom is 0.287 e. The molecule has 1 aromatic heterocycles. The van der Waals surface area contributed by atoms with E-state index in [1.54, 1.807) is 12.3 Å². The van der Waals surface area contributed by atoms with Crippen LogP contribution in [-0.4, -0.2) is 22.7 Å². The van der Waals surface area contributed by atoms with Crippen LogP contribution in [0.2, 0.25) is 0 Å². The van der Waals surface area contributed by atoms with Gasteiger partial charge in [-0.3, -0.25) is 4.79 Å². The largest absolute Gasteiger partial charge is 0.491 e. The molecule has 0 spiro atoms. The molecule has 1 aromatic carbocycles. The van der Waals surface area contributed by atoms with Crippen LogP contribution in [0.4, 0.5) is 0 Å². The van der Waals surface area contributed by atoms with Crippen LogP contribution in [0.3, 0.4) is 0 Å². The monoisotopic (exact) mass is 363 g/mol. The van der Waals surface area contributed by atoms with Crippen LogP contribution >= 0.6 is 15.9 Å². The predicted octanol–water partition coefficient (Wildman–Crippen LogP) is 3.72. The average Bonchev–Trinajstić information content (AvgIpc) is 2.91. The first kappa shape index (κ1) is 16.3. The van der Waals surface area contributed by atoms with Gasteiger partial charge in [-0.2, -0.15) is 5.10 Å². The molecule has 0 atom stereocenters. The van der Waals surface area contributed by atoms with Gasteiger partial charge in [-0.1, -0.05) is 0 Å². The number of hydrogen-bond acceptors (Lipinski definition) is 3. The van der Waals surface area contributed by atoms with Gasteiger partial charge in [0, 0.05) is 10.7 Å². The second-order valence-corrected chi connectivity index (χ2v) is 5.98. The summed E-state index contributed by atoms with van der Waals surface area (Å²) < 4.78 is 6.41. The zero-order valence-electron chi connectivity index (χ0n) is 12.7. The number of hydrogen-bond donors (Lipinski definition) is 2. The number of ether oxygens (including phenoxy) is 1. The SMILES string of the molecule is C/C(=N/NC(=O)c1cc(Br)c[nH]1)c1ccc(OC(C)C)cc1. The van der Waals surface area contributed by atoms with Crippen LogP contribution in [0.1, 0.15) is 36.8 Å². The summed E-state index contributed by atoms with van der Waals surface area (Å²) in [6.07, 6.45) is 1.83. The molecule has 0 unspecified atom stereocenters. The summed E-state index contributed by atoms with van der Waals surface area (Å²) in [7, 11) is 0. The summed E-state index contributed by atoms with van der Waals surface area (Å²) in [6.45, 7) is 5.80. The van der Waals surface area contributed by atoms with Gasteiger partial charge in [-0.25, -0.2) is 5.43 Å². The number of rotatable bonds is 5. The number of halogens is 1. The summed E-state index contributed by atoms with van der Waals surface area (Å²) in [5.41, 5.74) is 4.61. The Hall–Kier alpha value is -2.08. The number of benzene rings is 1. The van der Waals surface area contributed by atoms with Gasteiger partial charge >= 0.3 is 0 Å². The number of H-pyrrole nitrogens is 1. The number of aromatic amines is 1. The fourth-order valence-electron chi connectivity index (χ4n) is 1.81. The molecule has 2 rings (SSSR count). The van der Waals surface area contributed by atoms with Crippen molar-refractivity contribution in [3.63, 3.8) is 0 Å². The first-order chi connectivity index (χ1) is 10.5. The highest BCUT2D eigenvalue weighted by atomic mass is 79.9. The second-order valence-electron chi connectivity index (χ2n) is 5.06. The Balaban J connectivity index is 2.01. The number of nitrogens with one attached hydrogen (secondary N) is 2. The van der Waals surface area contributed by atoms with Gasteiger partial charge in [0.05, 0.1) is 11.8 Å². The first-order valence-corrected chi connectivity index (χ1v) is 7.70. The molecule has 0 saturated carbocycles. The molecule has 0 saturated heterocycles. The summed E-state index contributed by atoms with van der Waals surface area (Å²) in [6, 6.07) is 9.29. The van der Waals surface area contributed by atoms with Crippen LogP contribution in [-0.2, 0) is 0 Å². The van der Waals surface area contributed by atoms with E-state index in [0.717, 1.165) is 21.5 Å². The lowest BCUT2D eigenvalue weighted by Crippen LogP contribution is -2.19. The molecule has 5 nitrogen and oxygen atoms in total. The molecule has 2 aromatic rings. The average molecular weight is 364 g/mol. The van der Waals surface area contributed by atoms with Crippen LogP contribution in [0, 0.1) is 0 Å². The van der Waals surface area contributed by atoms with Crippen LogP contribution in [0.25, 0.3) is 0 Å². The number of amides is 1. The van der Waals surface area contributed by atoms with E-state index in [1.807, 2.05) is 45.0 Å². The quantitative estimate of drug-likeness (QED) is 0.627. The molecule has 116 valence electrons. The molecule has 0 radical (unpaired) electrons. The molecule has 1 heterocycles. The molecule has 0 fully saturated rings. The third kappa shape index (κ3) is 4.46. The highest BCUT2D eigenvalue weighted by molar-refractivity contribution is 9.10. The van der Waals surface area contributed by atoms with E-state index in [2.05, 4.69) is 31.4 Å². The minimum Gasteiger partial charge on any atom is -0.491 e. The fraction of sp³-hybridized carbons (Fsp3) is 0.250. The molecule has 0 bridgehead atoms. The predicted molar refractivity (Wildman–Crippen MR) is 90.4 cm³/mol. The maximum absolute atomic E-state index is 11.9. The van der Waals surface area contributed by atoms with E-state index < -0.39 is 0 Å². The standard InChI is InChI=1S/C16H18BrN3O2/c1-10(2)22-14-6-4-12(5-7-14)11(3)19-20-16(21)15-8-13(17)9-18-15/h4-10,18H,1-3H3,(H,20,21)/b19-11-. The van der Waals surface area contributed by atoms with Gasteiger partial charge in [0.25, 0.3) is 5.91 Å². The maximum atomic E-state index is 11.9. The van der Waals surface area contributed by atoms with Gasteiger partial charge in [-0.15, -0.1) is 0 Å². The second kappa shape index (κ2) is 7.26. The van der Waals surface area contributed by atoms with Crippen molar-refractivity contribution in [1.82, 2.24) is 10.4 Å². The smallest absolute Gasteiger partial charge is 0.287 e. The summed E-state index contributed by atoms with van der Waals surface area (Å²) in [5, 5.41) is 4.11. The first-order valence-electron chi connectivity index (χ1n) is 6.91. The topological polar surface area (TPSA) is 66.5 Å². The summed E-state index contributed by atoms with van der Waals surface area (Å²) in [4.78, 5) is 14.7. The van der Waals surface area contributed by atoms with Crippen LogP contribution < -0.4 is 10.2 Å². The fourth-order valence-corrected chi connectivity index (χ4v) is 2.15. The summed E-state index contributed by atoms with van der Waals surface area (Å²) in [5.74, 6) is 0.525. The Morgan fingerprint density at radius 3 is 2.55 bits per heavy atom. The molecule has 6 heteroatoms. The lowest BCUT2D eigenvalue weighted by atomic mass is 10.1. The Morgan fingerprint density at radius 1 is 1.32 bits per heavy atom. The number of hydrazone groups is 1. The molecule has 2 N–H and O–H groups in total. The van der Waals surface area contributed by atoms with Crippen molar-refractivity contribution in [2.24, 2.45) is 5.10 Å². The molecular weight excluding hydrogens is 346 g/mol. The van der Waals surface area contributed by atoms with E-state index in [0.29, 0.717) is 5.69 Å². The molecular formula is C16H18BrN3O2. The van der Waals surface area contributed by atoms with Gasteiger partial charge < -0.3 is 9.72 Å². The van der Waals surface area contributed by atoms with E-state index in [4.69, 9.17) is 4.74 Å². The van der Waals surface area contributed by atoms with Crippen molar-refractivity contribution in [2.45, 2.75) is 26.9 Å². The van der Waals surface area contributed by atoms with E-state index in [-0.39, 0.29) is 12.0 Å². The van der Waals surface area contributed by atoms with E-state index in [1.165, 1.54) is 0 Å². The van der Waals surface area contributed by atoms with Crippen molar-refractivity contribution < 1.29 is 9.53 Å². The highest BCUT2D eigenvalue weighted by Crippen LogP contribution is 2.14. The number of carbonyl (C=O) groups is 1. The van der Waals surface area contributed by atoms with Crippen molar-refractivity contribution in [2.75, 3.05) is 0 Å². The lowest BCUT2D eigenvalue weighted by Gasteiger charge is -2.10. The van der Waals surface area contributed by atoms with Crippen molar-refractivity contribution in [3.8, 4) is 5.75 Å². The third-order valence-electron chi connectivity index (χ3n) is 2.86. The van der Waals surface area contributed by atoms with Crippen molar-refractivity contribution in [3.05, 3.63) is 52.3 Å². The molecule has 0 aliphatic carbocycles. The van der Waals surface area contributed by atoms with E-state index >= 15 is 0 Å². The zero-order chi connectivity index (χ0) is 16.1. The van der Waals surface area contributed by atoms with Crippen molar-refractivity contribution in [1.29, 1.82) is 0 Å². The minimum atomic E-state index is -0.287. The Morgan fingerprint density at radius 2 is 2.00 bits per heavy atom. The highest BCUT2D eigenvalue weighted by Gasteiger charge is 2.07. The molecule has 0 aliphatic rings. The lowest BCUT2D eigenvalue weighted by molar-refractivity contribution is 0.0950. The van der Waals surface area contributed by atoms with Gasteiger partial charge in [0.1, 0.15) is 11.4 Å². The Kier molecular flexibility index (Phi) is 5.38. The van der Waals surface area contributed by atoms with Gasteiger partial charge in [0.2, 0.25) is 0 Å². The van der Waals surface area contributed by atoms with Gasteiger partial charge in [0.15, 0.2) is 0 Å². The third-order valence-corrected chi connectivity index (χ3v) is 3.32. The van der Waals surface area contributed by atoms with Crippen molar-refractivity contribution >= 4 is 27.5 Å². The van der Waals surface area contributed by atoms with Crippen LogP contribution in [0.5, 0.6) is 5.75 Å². The van der Waals surface area contributed by atoms with Gasteiger partial charge in [-0.05, 0) is 72.6 Å². The number of nitrogens with zero attached hydrogens (tertiary/aromatic N) is 1.